The number of carbonyl (C=O) groups excluding carboxylic acids is 1. The zero-order valence-electron chi connectivity index (χ0n) is 13.7. The Kier molecular flexibility index (Phi) is 5.27. The number of benzene rings is 1. The highest BCUT2D eigenvalue weighted by atomic mass is 16.5. The van der Waals surface area contributed by atoms with E-state index in [4.69, 9.17) is 4.74 Å². The molecule has 0 bridgehead atoms. The number of amides is 1. The van der Waals surface area contributed by atoms with Crippen LogP contribution in [0.3, 0.4) is 0 Å². The van der Waals surface area contributed by atoms with Gasteiger partial charge in [0.15, 0.2) is 0 Å². The van der Waals surface area contributed by atoms with Crippen LogP contribution < -0.4 is 4.74 Å². The molecule has 1 aliphatic carbocycles. The van der Waals surface area contributed by atoms with E-state index in [-0.39, 0.29) is 5.91 Å². The minimum absolute atomic E-state index is 0.126. The van der Waals surface area contributed by atoms with Crippen LogP contribution in [0.2, 0.25) is 0 Å². The smallest absolute Gasteiger partial charge is 0.253 e. The number of carbonyl (C=O) groups is 1. The lowest BCUT2D eigenvalue weighted by atomic mass is 9.86. The summed E-state index contributed by atoms with van der Waals surface area (Å²) in [4.78, 5) is 14.6. The highest BCUT2D eigenvalue weighted by Gasteiger charge is 2.25. The van der Waals surface area contributed by atoms with Crippen molar-refractivity contribution in [2.24, 2.45) is 5.92 Å². The molecule has 116 valence electrons. The van der Waals surface area contributed by atoms with Gasteiger partial charge in [0.25, 0.3) is 5.91 Å². The summed E-state index contributed by atoms with van der Waals surface area (Å²) in [5, 5.41) is 0. The fraction of sp³-hybridized carbons (Fsp3) is 0.611. The number of ether oxygens (including phenoxy) is 1. The first-order valence-corrected chi connectivity index (χ1v) is 8.03. The van der Waals surface area contributed by atoms with E-state index in [1.807, 2.05) is 44.0 Å². The fourth-order valence-electron chi connectivity index (χ4n) is 3.10. The molecule has 0 atom stereocenters. The van der Waals surface area contributed by atoms with Crippen LogP contribution in [0.15, 0.2) is 18.2 Å². The Labute approximate surface area is 128 Å². The molecule has 3 heteroatoms. The van der Waals surface area contributed by atoms with Crippen molar-refractivity contribution in [1.29, 1.82) is 0 Å². The van der Waals surface area contributed by atoms with Crippen molar-refractivity contribution in [2.45, 2.75) is 52.5 Å². The Balaban J connectivity index is 2.07. The van der Waals surface area contributed by atoms with Gasteiger partial charge in [-0.25, -0.2) is 0 Å². The van der Waals surface area contributed by atoms with Crippen molar-refractivity contribution in [3.05, 3.63) is 29.3 Å². The first-order valence-electron chi connectivity index (χ1n) is 8.03. The molecule has 0 aromatic heterocycles. The Morgan fingerprint density at radius 1 is 1.29 bits per heavy atom. The third-order valence-corrected chi connectivity index (χ3v) is 4.58. The number of rotatable bonds is 4. The lowest BCUT2D eigenvalue weighted by molar-refractivity contribution is 0.0679. The molecule has 1 fully saturated rings. The standard InChI is InChI=1S/C18H27NO2/c1-5-21-17-11-8-15(12-14(17)3)18(20)19(4)16-9-6-13(2)7-10-16/h8,11-13,16H,5-7,9-10H2,1-4H3. The predicted molar refractivity (Wildman–Crippen MR) is 85.9 cm³/mol. The van der Waals surface area contributed by atoms with Crippen LogP contribution in [-0.4, -0.2) is 30.5 Å². The largest absolute Gasteiger partial charge is 0.494 e. The molecule has 0 radical (unpaired) electrons. The van der Waals surface area contributed by atoms with Gasteiger partial charge in [-0.15, -0.1) is 0 Å². The summed E-state index contributed by atoms with van der Waals surface area (Å²) >= 11 is 0. The summed E-state index contributed by atoms with van der Waals surface area (Å²) in [5.74, 6) is 1.79. The second kappa shape index (κ2) is 6.97. The van der Waals surface area contributed by atoms with Crippen LogP contribution >= 0.6 is 0 Å². The van der Waals surface area contributed by atoms with E-state index in [1.165, 1.54) is 12.8 Å². The minimum atomic E-state index is 0.126. The average Bonchev–Trinajstić information content (AvgIpc) is 2.49. The molecule has 0 saturated heterocycles. The van der Waals surface area contributed by atoms with Gasteiger partial charge in [-0.3, -0.25) is 4.79 Å². The normalized spacial score (nSPS) is 21.9. The Bertz CT molecular complexity index is 490. The van der Waals surface area contributed by atoms with E-state index >= 15 is 0 Å². The van der Waals surface area contributed by atoms with Crippen LogP contribution in [0.5, 0.6) is 5.75 Å². The van der Waals surface area contributed by atoms with Gasteiger partial charge in [-0.05, 0) is 69.2 Å². The van der Waals surface area contributed by atoms with E-state index in [0.29, 0.717) is 12.6 Å². The molecule has 0 aliphatic heterocycles. The third kappa shape index (κ3) is 3.78. The highest BCUT2D eigenvalue weighted by molar-refractivity contribution is 5.94. The summed E-state index contributed by atoms with van der Waals surface area (Å²) < 4.78 is 5.54. The monoisotopic (exact) mass is 289 g/mol. The maximum absolute atomic E-state index is 12.6. The van der Waals surface area contributed by atoms with Crippen molar-refractivity contribution < 1.29 is 9.53 Å². The van der Waals surface area contributed by atoms with E-state index in [0.717, 1.165) is 35.6 Å². The van der Waals surface area contributed by atoms with Gasteiger partial charge in [0, 0.05) is 18.7 Å². The van der Waals surface area contributed by atoms with Crippen LogP contribution in [0.4, 0.5) is 0 Å². The molecular weight excluding hydrogens is 262 g/mol. The first-order chi connectivity index (χ1) is 10.0. The van der Waals surface area contributed by atoms with Gasteiger partial charge in [0.2, 0.25) is 0 Å². The van der Waals surface area contributed by atoms with Crippen molar-refractivity contribution in [1.82, 2.24) is 4.90 Å². The van der Waals surface area contributed by atoms with Crippen LogP contribution in [-0.2, 0) is 0 Å². The molecule has 1 aromatic rings. The summed E-state index contributed by atoms with van der Waals surface area (Å²) in [6.07, 6.45) is 4.70. The summed E-state index contributed by atoms with van der Waals surface area (Å²) in [6, 6.07) is 6.11. The Morgan fingerprint density at radius 3 is 2.52 bits per heavy atom. The van der Waals surface area contributed by atoms with E-state index in [2.05, 4.69) is 6.92 Å². The Morgan fingerprint density at radius 2 is 1.95 bits per heavy atom. The molecule has 0 heterocycles. The average molecular weight is 289 g/mol. The maximum Gasteiger partial charge on any atom is 0.253 e. The third-order valence-electron chi connectivity index (χ3n) is 4.58. The fourth-order valence-corrected chi connectivity index (χ4v) is 3.10. The zero-order valence-corrected chi connectivity index (χ0v) is 13.7. The molecule has 0 unspecified atom stereocenters. The van der Waals surface area contributed by atoms with Gasteiger partial charge in [0.1, 0.15) is 5.75 Å². The van der Waals surface area contributed by atoms with E-state index in [9.17, 15) is 4.79 Å². The SMILES string of the molecule is CCOc1ccc(C(=O)N(C)C2CCC(C)CC2)cc1C. The van der Waals surface area contributed by atoms with Crippen LogP contribution in [0.1, 0.15) is 55.5 Å². The first kappa shape index (κ1) is 15.9. The lowest BCUT2D eigenvalue weighted by Crippen LogP contribution is -2.39. The van der Waals surface area contributed by atoms with Crippen molar-refractivity contribution in [2.75, 3.05) is 13.7 Å². The van der Waals surface area contributed by atoms with Gasteiger partial charge in [-0.2, -0.15) is 0 Å². The van der Waals surface area contributed by atoms with Gasteiger partial charge >= 0.3 is 0 Å². The number of aryl methyl sites for hydroxylation is 1. The molecule has 2 rings (SSSR count). The quantitative estimate of drug-likeness (QED) is 0.837. The van der Waals surface area contributed by atoms with Crippen molar-refractivity contribution >= 4 is 5.91 Å². The molecule has 1 aliphatic rings. The summed E-state index contributed by atoms with van der Waals surface area (Å²) in [7, 11) is 1.94. The number of hydrogen-bond acceptors (Lipinski definition) is 2. The zero-order chi connectivity index (χ0) is 15.4. The second-order valence-electron chi connectivity index (χ2n) is 6.24. The van der Waals surface area contributed by atoms with E-state index in [1.54, 1.807) is 0 Å². The Hall–Kier alpha value is -1.51. The number of nitrogens with zero attached hydrogens (tertiary/aromatic N) is 1. The molecular formula is C18H27NO2. The minimum Gasteiger partial charge on any atom is -0.494 e. The number of hydrogen-bond donors (Lipinski definition) is 0. The lowest BCUT2D eigenvalue weighted by Gasteiger charge is -2.33. The van der Waals surface area contributed by atoms with Crippen LogP contribution in [0.25, 0.3) is 0 Å². The molecule has 21 heavy (non-hydrogen) atoms. The van der Waals surface area contributed by atoms with E-state index < -0.39 is 0 Å². The highest BCUT2D eigenvalue weighted by Crippen LogP contribution is 2.28. The molecule has 1 aromatic carbocycles. The van der Waals surface area contributed by atoms with Crippen molar-refractivity contribution in [3.8, 4) is 5.75 Å². The van der Waals surface area contributed by atoms with Gasteiger partial charge in [0.05, 0.1) is 6.61 Å². The topological polar surface area (TPSA) is 29.5 Å². The van der Waals surface area contributed by atoms with Gasteiger partial charge in [-0.1, -0.05) is 6.92 Å². The molecule has 0 spiro atoms. The van der Waals surface area contributed by atoms with Crippen LogP contribution in [0, 0.1) is 12.8 Å². The molecule has 3 nitrogen and oxygen atoms in total. The molecule has 1 saturated carbocycles. The van der Waals surface area contributed by atoms with Crippen molar-refractivity contribution in [3.63, 3.8) is 0 Å². The van der Waals surface area contributed by atoms with Gasteiger partial charge < -0.3 is 9.64 Å². The summed E-state index contributed by atoms with van der Waals surface area (Å²) in [5.41, 5.74) is 1.78. The maximum atomic E-state index is 12.6. The second-order valence-corrected chi connectivity index (χ2v) is 6.24. The summed E-state index contributed by atoms with van der Waals surface area (Å²) in [6.45, 7) is 6.91. The molecule has 1 amide bonds. The molecule has 0 N–H and O–H groups in total. The predicted octanol–water partition coefficient (Wildman–Crippen LogP) is 4.04.